The Kier molecular flexibility index (Phi) is 5.55. The standard InChI is InChI=1S/C22H26N6O/c1-17-5-3-6-19(15-17)7-8-22(29)27-13-11-26(12-14-27)20-16-21(25-18(2)24-20)28-10-4-9-23-28/h3-6,9-10,15-16H,7-8,11-14H2,1-2H3. The molecule has 1 saturated heterocycles. The Hall–Kier alpha value is -3.22. The Morgan fingerprint density at radius 1 is 1.00 bits per heavy atom. The summed E-state index contributed by atoms with van der Waals surface area (Å²) in [7, 11) is 0. The summed E-state index contributed by atoms with van der Waals surface area (Å²) in [6.45, 7) is 6.94. The van der Waals surface area contributed by atoms with Crippen LogP contribution in [0.3, 0.4) is 0 Å². The van der Waals surface area contributed by atoms with Crippen LogP contribution < -0.4 is 4.90 Å². The lowest BCUT2D eigenvalue weighted by Gasteiger charge is -2.35. The zero-order valence-electron chi connectivity index (χ0n) is 17.0. The molecule has 1 amide bonds. The minimum Gasteiger partial charge on any atom is -0.353 e. The number of hydrogen-bond acceptors (Lipinski definition) is 5. The summed E-state index contributed by atoms with van der Waals surface area (Å²) in [5, 5.41) is 4.25. The Labute approximate surface area is 171 Å². The number of anilines is 1. The molecule has 3 heterocycles. The zero-order chi connectivity index (χ0) is 20.2. The van der Waals surface area contributed by atoms with E-state index in [1.165, 1.54) is 11.1 Å². The van der Waals surface area contributed by atoms with E-state index in [0.717, 1.165) is 31.1 Å². The van der Waals surface area contributed by atoms with Gasteiger partial charge in [0.25, 0.3) is 0 Å². The van der Waals surface area contributed by atoms with Gasteiger partial charge in [-0.25, -0.2) is 14.6 Å². The van der Waals surface area contributed by atoms with E-state index in [1.807, 2.05) is 30.2 Å². The van der Waals surface area contributed by atoms with Crippen molar-refractivity contribution in [3.05, 3.63) is 65.7 Å². The summed E-state index contributed by atoms with van der Waals surface area (Å²) >= 11 is 0. The smallest absolute Gasteiger partial charge is 0.223 e. The van der Waals surface area contributed by atoms with Crippen molar-refractivity contribution in [2.75, 3.05) is 31.1 Å². The average Bonchev–Trinajstić information content (AvgIpc) is 3.27. The monoisotopic (exact) mass is 390 g/mol. The molecule has 0 atom stereocenters. The molecule has 150 valence electrons. The van der Waals surface area contributed by atoms with E-state index in [0.29, 0.717) is 25.3 Å². The predicted molar refractivity (Wildman–Crippen MR) is 112 cm³/mol. The lowest BCUT2D eigenvalue weighted by atomic mass is 10.1. The fraction of sp³-hybridized carbons (Fsp3) is 0.364. The van der Waals surface area contributed by atoms with E-state index in [1.54, 1.807) is 10.9 Å². The Balaban J connectivity index is 1.35. The first kappa shape index (κ1) is 19.1. The number of piperazine rings is 1. The molecule has 1 fully saturated rings. The number of carbonyl (C=O) groups is 1. The number of aryl methyl sites for hydroxylation is 3. The van der Waals surface area contributed by atoms with Crippen molar-refractivity contribution in [3.63, 3.8) is 0 Å². The molecule has 0 spiro atoms. The number of hydrogen-bond donors (Lipinski definition) is 0. The predicted octanol–water partition coefficient (Wildman–Crippen LogP) is 2.56. The fourth-order valence-electron chi connectivity index (χ4n) is 3.68. The summed E-state index contributed by atoms with van der Waals surface area (Å²) in [5.41, 5.74) is 2.46. The Morgan fingerprint density at radius 2 is 1.79 bits per heavy atom. The average molecular weight is 390 g/mol. The molecule has 1 aliphatic heterocycles. The third-order valence-electron chi connectivity index (χ3n) is 5.22. The van der Waals surface area contributed by atoms with Gasteiger partial charge in [-0.2, -0.15) is 5.10 Å². The summed E-state index contributed by atoms with van der Waals surface area (Å²) in [6, 6.07) is 12.2. The highest BCUT2D eigenvalue weighted by molar-refractivity contribution is 5.76. The van der Waals surface area contributed by atoms with Crippen molar-refractivity contribution >= 4 is 11.7 Å². The maximum atomic E-state index is 12.6. The molecule has 7 nitrogen and oxygen atoms in total. The van der Waals surface area contributed by atoms with Crippen LogP contribution in [-0.2, 0) is 11.2 Å². The molecule has 0 N–H and O–H groups in total. The lowest BCUT2D eigenvalue weighted by molar-refractivity contribution is -0.131. The van der Waals surface area contributed by atoms with E-state index in [-0.39, 0.29) is 5.91 Å². The zero-order valence-corrected chi connectivity index (χ0v) is 17.0. The molecule has 2 aromatic heterocycles. The van der Waals surface area contributed by atoms with Crippen molar-refractivity contribution in [1.82, 2.24) is 24.6 Å². The lowest BCUT2D eigenvalue weighted by Crippen LogP contribution is -2.49. The van der Waals surface area contributed by atoms with Crippen molar-refractivity contribution < 1.29 is 4.79 Å². The van der Waals surface area contributed by atoms with Crippen molar-refractivity contribution in [3.8, 4) is 5.82 Å². The SMILES string of the molecule is Cc1cccc(CCC(=O)N2CCN(c3cc(-n4cccn4)nc(C)n3)CC2)c1. The van der Waals surface area contributed by atoms with Crippen LogP contribution in [-0.4, -0.2) is 56.7 Å². The molecule has 0 saturated carbocycles. The van der Waals surface area contributed by atoms with Gasteiger partial charge in [-0.15, -0.1) is 0 Å². The summed E-state index contributed by atoms with van der Waals surface area (Å²) in [6.07, 6.45) is 4.95. The van der Waals surface area contributed by atoms with E-state index < -0.39 is 0 Å². The third kappa shape index (κ3) is 4.62. The number of benzene rings is 1. The molecule has 7 heteroatoms. The molecular weight excluding hydrogens is 364 g/mol. The quantitative estimate of drug-likeness (QED) is 0.670. The summed E-state index contributed by atoms with van der Waals surface area (Å²) in [5.74, 6) is 2.58. The van der Waals surface area contributed by atoms with E-state index in [4.69, 9.17) is 0 Å². The minimum absolute atomic E-state index is 0.224. The largest absolute Gasteiger partial charge is 0.353 e. The second kappa shape index (κ2) is 8.43. The second-order valence-electron chi connectivity index (χ2n) is 7.44. The third-order valence-corrected chi connectivity index (χ3v) is 5.22. The Morgan fingerprint density at radius 3 is 2.52 bits per heavy atom. The molecule has 0 radical (unpaired) electrons. The number of aromatic nitrogens is 4. The molecule has 29 heavy (non-hydrogen) atoms. The number of rotatable bonds is 5. The van der Waals surface area contributed by atoms with Crippen LogP contribution in [0.25, 0.3) is 5.82 Å². The van der Waals surface area contributed by atoms with Crippen molar-refractivity contribution in [2.24, 2.45) is 0 Å². The number of carbonyl (C=O) groups excluding carboxylic acids is 1. The van der Waals surface area contributed by atoms with Crippen LogP contribution in [0.4, 0.5) is 5.82 Å². The van der Waals surface area contributed by atoms with Crippen LogP contribution in [0, 0.1) is 13.8 Å². The normalized spacial score (nSPS) is 14.3. The van der Waals surface area contributed by atoms with Gasteiger partial charge in [0.05, 0.1) is 0 Å². The molecule has 0 unspecified atom stereocenters. The highest BCUT2D eigenvalue weighted by Crippen LogP contribution is 2.18. The summed E-state index contributed by atoms with van der Waals surface area (Å²) in [4.78, 5) is 25.9. The maximum Gasteiger partial charge on any atom is 0.223 e. The topological polar surface area (TPSA) is 67.2 Å². The molecule has 0 aliphatic carbocycles. The molecule has 0 bridgehead atoms. The van der Waals surface area contributed by atoms with Crippen LogP contribution in [0.1, 0.15) is 23.4 Å². The van der Waals surface area contributed by atoms with Gasteiger partial charge in [-0.05, 0) is 31.9 Å². The van der Waals surface area contributed by atoms with Gasteiger partial charge in [-0.1, -0.05) is 29.8 Å². The maximum absolute atomic E-state index is 12.6. The highest BCUT2D eigenvalue weighted by Gasteiger charge is 2.22. The van der Waals surface area contributed by atoms with Crippen LogP contribution in [0.15, 0.2) is 48.8 Å². The van der Waals surface area contributed by atoms with Crippen molar-refractivity contribution in [1.29, 1.82) is 0 Å². The van der Waals surface area contributed by atoms with Crippen LogP contribution in [0.2, 0.25) is 0 Å². The Bertz CT molecular complexity index is 977. The van der Waals surface area contributed by atoms with Gasteiger partial charge < -0.3 is 9.80 Å². The molecule has 1 aromatic carbocycles. The fourth-order valence-corrected chi connectivity index (χ4v) is 3.68. The first-order valence-electron chi connectivity index (χ1n) is 10.0. The van der Waals surface area contributed by atoms with Gasteiger partial charge in [0, 0.05) is 51.1 Å². The van der Waals surface area contributed by atoms with Gasteiger partial charge in [-0.3, -0.25) is 4.79 Å². The van der Waals surface area contributed by atoms with Gasteiger partial charge in [0.15, 0.2) is 5.82 Å². The van der Waals surface area contributed by atoms with Crippen LogP contribution >= 0.6 is 0 Å². The van der Waals surface area contributed by atoms with Crippen LogP contribution in [0.5, 0.6) is 0 Å². The first-order chi connectivity index (χ1) is 14.1. The molecule has 3 aromatic rings. The molecule has 1 aliphatic rings. The van der Waals surface area contributed by atoms with Crippen molar-refractivity contribution in [2.45, 2.75) is 26.7 Å². The highest BCUT2D eigenvalue weighted by atomic mass is 16.2. The molecular formula is C22H26N6O. The second-order valence-corrected chi connectivity index (χ2v) is 7.44. The minimum atomic E-state index is 0.224. The van der Waals surface area contributed by atoms with E-state index in [2.05, 4.69) is 51.2 Å². The van der Waals surface area contributed by atoms with Gasteiger partial charge in [0.2, 0.25) is 5.91 Å². The first-order valence-corrected chi connectivity index (χ1v) is 10.0. The summed E-state index contributed by atoms with van der Waals surface area (Å²) < 4.78 is 1.74. The van der Waals surface area contributed by atoms with E-state index in [9.17, 15) is 4.79 Å². The van der Waals surface area contributed by atoms with E-state index >= 15 is 0 Å². The van der Waals surface area contributed by atoms with Gasteiger partial charge in [0.1, 0.15) is 11.6 Å². The van der Waals surface area contributed by atoms with Gasteiger partial charge >= 0.3 is 0 Å². The molecule has 4 rings (SSSR count). The number of amides is 1. The number of nitrogens with zero attached hydrogens (tertiary/aromatic N) is 6.